The second-order valence-corrected chi connectivity index (χ2v) is 7.27. The number of halogens is 4. The molecule has 1 aliphatic heterocycles. The lowest BCUT2D eigenvalue weighted by Gasteiger charge is -2.18. The van der Waals surface area contributed by atoms with E-state index in [4.69, 9.17) is 0 Å². The van der Waals surface area contributed by atoms with Crippen LogP contribution < -0.4 is 5.32 Å². The van der Waals surface area contributed by atoms with Gasteiger partial charge < -0.3 is 5.32 Å². The van der Waals surface area contributed by atoms with E-state index in [9.17, 15) is 22.4 Å². The van der Waals surface area contributed by atoms with Gasteiger partial charge in [-0.2, -0.15) is 28.5 Å². The number of likely N-dealkylation sites (tertiary alicyclic amines) is 1. The Balaban J connectivity index is 1.44. The van der Waals surface area contributed by atoms with Crippen molar-refractivity contribution in [2.75, 3.05) is 18.4 Å². The molecule has 0 bridgehead atoms. The van der Waals surface area contributed by atoms with E-state index in [2.05, 4.69) is 20.6 Å². The summed E-state index contributed by atoms with van der Waals surface area (Å²) >= 11 is 0. The Bertz CT molecular complexity index is 1070. The first kappa shape index (κ1) is 20.9. The average molecular weight is 434 g/mol. The van der Waals surface area contributed by atoms with Crippen LogP contribution in [-0.4, -0.2) is 43.9 Å². The van der Waals surface area contributed by atoms with E-state index >= 15 is 0 Å². The summed E-state index contributed by atoms with van der Waals surface area (Å²) in [6.07, 6.45) is 0.444. The van der Waals surface area contributed by atoms with Crippen LogP contribution in [0, 0.1) is 5.82 Å². The monoisotopic (exact) mass is 434 g/mol. The second-order valence-electron chi connectivity index (χ2n) is 7.27. The fraction of sp³-hybridized carbons (Fsp3) is 0.300. The van der Waals surface area contributed by atoms with Crippen molar-refractivity contribution < 1.29 is 22.4 Å². The van der Waals surface area contributed by atoms with Gasteiger partial charge in [-0.25, -0.2) is 4.39 Å². The minimum atomic E-state index is -4.61. The van der Waals surface area contributed by atoms with Gasteiger partial charge in [0.05, 0.1) is 29.7 Å². The topological polar surface area (TPSA) is 75.9 Å². The van der Waals surface area contributed by atoms with Crippen LogP contribution in [0.4, 0.5) is 23.2 Å². The predicted octanol–water partition coefficient (Wildman–Crippen LogP) is 3.53. The van der Waals surface area contributed by atoms with Crippen LogP contribution in [0.1, 0.15) is 34.1 Å². The number of benzene rings is 1. The highest BCUT2D eigenvalue weighted by molar-refractivity contribution is 6.02. The highest BCUT2D eigenvalue weighted by atomic mass is 19.4. The number of carbonyl (C=O) groups excluding carboxylic acids is 1. The molecular weight excluding hydrogens is 416 g/mol. The lowest BCUT2D eigenvalue weighted by atomic mass is 10.1. The van der Waals surface area contributed by atoms with Gasteiger partial charge in [-0.05, 0) is 42.3 Å². The van der Waals surface area contributed by atoms with E-state index in [0.29, 0.717) is 37.0 Å². The van der Waals surface area contributed by atoms with Crippen LogP contribution >= 0.6 is 0 Å². The van der Waals surface area contributed by atoms with Gasteiger partial charge in [-0.1, -0.05) is 0 Å². The number of hydrogen-bond acceptors (Lipinski definition) is 5. The summed E-state index contributed by atoms with van der Waals surface area (Å²) in [4.78, 5) is 14.5. The van der Waals surface area contributed by atoms with Crippen molar-refractivity contribution in [2.45, 2.75) is 25.2 Å². The highest BCUT2D eigenvalue weighted by Crippen LogP contribution is 2.31. The Morgan fingerprint density at radius 2 is 2.00 bits per heavy atom. The Labute approximate surface area is 174 Å². The molecule has 7 nitrogen and oxygen atoms in total. The van der Waals surface area contributed by atoms with Gasteiger partial charge >= 0.3 is 6.18 Å². The fourth-order valence-corrected chi connectivity index (χ4v) is 3.66. The maximum atomic E-state index is 13.7. The molecule has 3 heterocycles. The van der Waals surface area contributed by atoms with Crippen molar-refractivity contribution >= 4 is 11.6 Å². The third kappa shape index (κ3) is 4.88. The molecule has 0 spiro atoms. The van der Waals surface area contributed by atoms with Gasteiger partial charge in [0.1, 0.15) is 11.5 Å². The molecule has 11 heteroatoms. The molecule has 1 aromatic carbocycles. The molecule has 0 saturated carbocycles. The smallest absolute Gasteiger partial charge is 0.319 e. The number of nitrogens with one attached hydrogen (secondary N) is 1. The number of nitrogens with zero attached hydrogens (tertiary/aromatic N) is 5. The summed E-state index contributed by atoms with van der Waals surface area (Å²) < 4.78 is 54.1. The van der Waals surface area contributed by atoms with E-state index < -0.39 is 17.6 Å². The minimum Gasteiger partial charge on any atom is -0.319 e. The molecule has 0 unspecified atom stereocenters. The Morgan fingerprint density at radius 3 is 2.74 bits per heavy atom. The molecule has 31 heavy (non-hydrogen) atoms. The molecule has 1 atom stereocenters. The summed E-state index contributed by atoms with van der Waals surface area (Å²) in [5.41, 5.74) is 0.0904. The summed E-state index contributed by atoms with van der Waals surface area (Å²) in [5, 5.41) is 14.3. The van der Waals surface area contributed by atoms with Gasteiger partial charge in [0.15, 0.2) is 0 Å². The predicted molar refractivity (Wildman–Crippen MR) is 103 cm³/mol. The van der Waals surface area contributed by atoms with Crippen LogP contribution in [0.25, 0.3) is 0 Å². The minimum absolute atomic E-state index is 0.137. The number of carbonyl (C=O) groups is 1. The van der Waals surface area contributed by atoms with Gasteiger partial charge in [0.25, 0.3) is 5.91 Å². The Kier molecular flexibility index (Phi) is 5.68. The van der Waals surface area contributed by atoms with Gasteiger partial charge in [0, 0.05) is 25.8 Å². The Hall–Kier alpha value is -3.34. The number of alkyl halides is 3. The summed E-state index contributed by atoms with van der Waals surface area (Å²) in [6.45, 7) is 1.22. The molecule has 0 aliphatic carbocycles. The first-order chi connectivity index (χ1) is 14.8. The van der Waals surface area contributed by atoms with Gasteiger partial charge in [-0.3, -0.25) is 14.4 Å². The average Bonchev–Trinajstić information content (AvgIpc) is 3.37. The first-order valence-corrected chi connectivity index (χ1v) is 9.50. The lowest BCUT2D eigenvalue weighted by Crippen LogP contribution is -2.25. The number of rotatable bonds is 5. The zero-order valence-corrected chi connectivity index (χ0v) is 16.2. The van der Waals surface area contributed by atoms with Crippen LogP contribution in [-0.2, 0) is 12.7 Å². The summed E-state index contributed by atoms with van der Waals surface area (Å²) in [7, 11) is 0. The molecule has 1 N–H and O–H groups in total. The fourth-order valence-electron chi connectivity index (χ4n) is 3.66. The van der Waals surface area contributed by atoms with Gasteiger partial charge in [0.2, 0.25) is 0 Å². The standard InChI is InChI=1S/C20H18F4N6O/c21-15-8-13(7-14(9-15)20(22,23)24)11-29-6-3-17(12-29)30-18(2-5-27-30)19(31)28-16-1-4-25-26-10-16/h1-2,4-5,7-10,17H,3,6,11-12H2,(H,25,28,31)/t17-/m0/s1. The van der Waals surface area contributed by atoms with Crippen molar-refractivity contribution in [1.29, 1.82) is 0 Å². The molecular formula is C20H18F4N6O. The first-order valence-electron chi connectivity index (χ1n) is 9.50. The van der Waals surface area contributed by atoms with Crippen LogP contribution in [0.2, 0.25) is 0 Å². The number of amides is 1. The van der Waals surface area contributed by atoms with Gasteiger partial charge in [-0.15, -0.1) is 0 Å². The molecule has 1 saturated heterocycles. The van der Waals surface area contributed by atoms with Crippen molar-refractivity contribution in [3.63, 3.8) is 0 Å². The van der Waals surface area contributed by atoms with E-state index in [1.807, 2.05) is 4.90 Å². The maximum Gasteiger partial charge on any atom is 0.416 e. The molecule has 1 fully saturated rings. The third-order valence-electron chi connectivity index (χ3n) is 5.03. The highest BCUT2D eigenvalue weighted by Gasteiger charge is 2.32. The Morgan fingerprint density at radius 1 is 1.16 bits per heavy atom. The van der Waals surface area contributed by atoms with Crippen molar-refractivity contribution in [3.05, 3.63) is 71.6 Å². The molecule has 1 aliphatic rings. The van der Waals surface area contributed by atoms with E-state index in [0.717, 1.165) is 12.1 Å². The molecule has 162 valence electrons. The molecule has 0 radical (unpaired) electrons. The van der Waals surface area contributed by atoms with Crippen molar-refractivity contribution in [2.24, 2.45) is 0 Å². The quantitative estimate of drug-likeness (QED) is 0.622. The zero-order chi connectivity index (χ0) is 22.0. The number of aromatic nitrogens is 4. The zero-order valence-electron chi connectivity index (χ0n) is 16.2. The van der Waals surface area contributed by atoms with Crippen LogP contribution in [0.15, 0.2) is 48.9 Å². The van der Waals surface area contributed by atoms with E-state index in [1.54, 1.807) is 16.8 Å². The molecule has 2 aromatic heterocycles. The SMILES string of the molecule is O=C(Nc1ccnnc1)c1ccnn1[C@H]1CCN(Cc2cc(F)cc(C(F)(F)F)c2)C1. The van der Waals surface area contributed by atoms with E-state index in [1.165, 1.54) is 18.6 Å². The normalized spacial score (nSPS) is 17.1. The summed E-state index contributed by atoms with van der Waals surface area (Å²) in [6, 6.07) is 5.63. The summed E-state index contributed by atoms with van der Waals surface area (Å²) in [5.74, 6) is -1.28. The van der Waals surface area contributed by atoms with Crippen LogP contribution in [0.3, 0.4) is 0 Å². The number of anilines is 1. The number of hydrogen-bond donors (Lipinski definition) is 1. The molecule has 3 aromatic rings. The molecule has 4 rings (SSSR count). The van der Waals surface area contributed by atoms with Crippen LogP contribution in [0.5, 0.6) is 0 Å². The largest absolute Gasteiger partial charge is 0.416 e. The lowest BCUT2D eigenvalue weighted by molar-refractivity contribution is -0.137. The van der Waals surface area contributed by atoms with Crippen molar-refractivity contribution in [1.82, 2.24) is 24.9 Å². The third-order valence-corrected chi connectivity index (χ3v) is 5.03. The van der Waals surface area contributed by atoms with E-state index in [-0.39, 0.29) is 24.1 Å². The van der Waals surface area contributed by atoms with Crippen molar-refractivity contribution in [3.8, 4) is 0 Å². The molecule has 1 amide bonds. The second kappa shape index (κ2) is 8.42. The maximum absolute atomic E-state index is 13.7.